The smallest absolute Gasteiger partial charge is 0.330 e. The van der Waals surface area contributed by atoms with Crippen molar-refractivity contribution < 1.29 is 9.47 Å². The molecule has 2 aromatic rings. The van der Waals surface area contributed by atoms with E-state index in [-0.39, 0.29) is 28.8 Å². The standard InChI is InChI=1S/C18H20N2O4/c1-9-5-6-11-12-7-24-16-14(13(12)8-23-15(11)10(9)2)19(3)18(22)20(4)17(16)21/h5-6,12-13H,7-8H2,1-4H3/t12-,13+/m1/s1. The van der Waals surface area contributed by atoms with Crippen LogP contribution in [0.4, 0.5) is 0 Å². The third kappa shape index (κ3) is 1.82. The molecule has 0 spiro atoms. The van der Waals surface area contributed by atoms with Crippen molar-refractivity contribution >= 4 is 0 Å². The summed E-state index contributed by atoms with van der Waals surface area (Å²) in [6.07, 6.45) is 0. The number of hydrogen-bond donors (Lipinski definition) is 0. The normalized spacial score (nSPS) is 21.2. The predicted molar refractivity (Wildman–Crippen MR) is 89.3 cm³/mol. The van der Waals surface area contributed by atoms with Crippen LogP contribution in [0.15, 0.2) is 21.7 Å². The van der Waals surface area contributed by atoms with Crippen molar-refractivity contribution in [3.05, 3.63) is 55.4 Å². The molecule has 0 N–H and O–H groups in total. The van der Waals surface area contributed by atoms with Gasteiger partial charge in [-0.05, 0) is 25.0 Å². The predicted octanol–water partition coefficient (Wildman–Crippen LogP) is 1.35. The van der Waals surface area contributed by atoms with Gasteiger partial charge in [0.1, 0.15) is 5.75 Å². The molecule has 0 radical (unpaired) electrons. The Morgan fingerprint density at radius 2 is 1.62 bits per heavy atom. The minimum Gasteiger partial charge on any atom is -0.492 e. The molecule has 0 amide bonds. The van der Waals surface area contributed by atoms with Gasteiger partial charge in [-0.25, -0.2) is 4.79 Å². The molecule has 0 unspecified atom stereocenters. The quantitative estimate of drug-likeness (QED) is 0.732. The second-order valence-corrected chi connectivity index (χ2v) is 6.68. The van der Waals surface area contributed by atoms with Crippen LogP contribution < -0.4 is 20.7 Å². The minimum atomic E-state index is -0.377. The summed E-state index contributed by atoms with van der Waals surface area (Å²) in [6.45, 7) is 4.98. The van der Waals surface area contributed by atoms with E-state index in [1.807, 2.05) is 0 Å². The highest BCUT2D eigenvalue weighted by atomic mass is 16.5. The van der Waals surface area contributed by atoms with Crippen molar-refractivity contribution in [2.45, 2.75) is 25.7 Å². The number of hydrogen-bond acceptors (Lipinski definition) is 4. The molecule has 2 aliphatic rings. The summed E-state index contributed by atoms with van der Waals surface area (Å²) in [5, 5.41) is 0. The van der Waals surface area contributed by atoms with Gasteiger partial charge in [0, 0.05) is 31.5 Å². The molecule has 2 atom stereocenters. The zero-order valence-corrected chi connectivity index (χ0v) is 14.3. The van der Waals surface area contributed by atoms with Crippen molar-refractivity contribution in [1.82, 2.24) is 9.13 Å². The number of ether oxygens (including phenoxy) is 2. The summed E-state index contributed by atoms with van der Waals surface area (Å²) >= 11 is 0. The van der Waals surface area contributed by atoms with E-state index in [0.29, 0.717) is 18.9 Å². The largest absolute Gasteiger partial charge is 0.492 e. The number of nitrogens with zero attached hydrogens (tertiary/aromatic N) is 2. The number of aryl methyl sites for hydroxylation is 1. The molecule has 0 saturated heterocycles. The van der Waals surface area contributed by atoms with Crippen molar-refractivity contribution in [1.29, 1.82) is 0 Å². The second kappa shape index (κ2) is 5.00. The number of rotatable bonds is 0. The van der Waals surface area contributed by atoms with E-state index in [9.17, 15) is 9.59 Å². The summed E-state index contributed by atoms with van der Waals surface area (Å²) in [4.78, 5) is 24.7. The highest BCUT2D eigenvalue weighted by molar-refractivity contribution is 5.51. The van der Waals surface area contributed by atoms with E-state index < -0.39 is 0 Å². The topological polar surface area (TPSA) is 62.5 Å². The van der Waals surface area contributed by atoms with E-state index >= 15 is 0 Å². The van der Waals surface area contributed by atoms with E-state index in [4.69, 9.17) is 9.47 Å². The first-order valence-corrected chi connectivity index (χ1v) is 8.07. The maximum absolute atomic E-state index is 12.4. The van der Waals surface area contributed by atoms with Crippen molar-refractivity contribution in [3.63, 3.8) is 0 Å². The third-order valence-electron chi connectivity index (χ3n) is 5.42. The number of aromatic nitrogens is 2. The first-order chi connectivity index (χ1) is 11.4. The average Bonchev–Trinajstić information content (AvgIpc) is 2.59. The lowest BCUT2D eigenvalue weighted by Gasteiger charge is -2.39. The molecule has 1 aromatic heterocycles. The SMILES string of the molecule is Cc1ccc2c(c1C)OC[C@@H]1c3c(c(=O)n(C)c(=O)n3C)OC[C@H]21. The molecule has 0 bridgehead atoms. The Kier molecular flexibility index (Phi) is 3.13. The van der Waals surface area contributed by atoms with Gasteiger partial charge in [-0.3, -0.25) is 13.9 Å². The van der Waals surface area contributed by atoms with Gasteiger partial charge < -0.3 is 9.47 Å². The van der Waals surface area contributed by atoms with Gasteiger partial charge in [0.15, 0.2) is 0 Å². The summed E-state index contributed by atoms with van der Waals surface area (Å²) in [5.74, 6) is 1.21. The van der Waals surface area contributed by atoms with E-state index in [0.717, 1.165) is 21.4 Å². The molecule has 4 rings (SSSR count). The van der Waals surface area contributed by atoms with Gasteiger partial charge in [-0.15, -0.1) is 0 Å². The highest BCUT2D eigenvalue weighted by Gasteiger charge is 2.41. The average molecular weight is 328 g/mol. The van der Waals surface area contributed by atoms with Gasteiger partial charge in [-0.2, -0.15) is 0 Å². The van der Waals surface area contributed by atoms with Gasteiger partial charge in [0.05, 0.1) is 18.9 Å². The summed E-state index contributed by atoms with van der Waals surface area (Å²) in [7, 11) is 3.15. The zero-order chi connectivity index (χ0) is 17.2. The lowest BCUT2D eigenvalue weighted by atomic mass is 9.79. The van der Waals surface area contributed by atoms with E-state index in [1.54, 1.807) is 7.05 Å². The fourth-order valence-corrected chi connectivity index (χ4v) is 3.83. The Bertz CT molecular complexity index is 970. The van der Waals surface area contributed by atoms with Crippen LogP contribution in [-0.2, 0) is 14.1 Å². The minimum absolute atomic E-state index is 0.0602. The van der Waals surface area contributed by atoms with E-state index in [1.165, 1.54) is 17.2 Å². The molecule has 3 heterocycles. The molecular weight excluding hydrogens is 308 g/mol. The summed E-state index contributed by atoms with van der Waals surface area (Å²) < 4.78 is 14.5. The maximum Gasteiger partial charge on any atom is 0.330 e. The van der Waals surface area contributed by atoms with Crippen molar-refractivity contribution in [2.75, 3.05) is 13.2 Å². The van der Waals surface area contributed by atoms with Crippen LogP contribution in [0.3, 0.4) is 0 Å². The first kappa shape index (κ1) is 15.1. The Morgan fingerprint density at radius 1 is 0.958 bits per heavy atom. The molecule has 0 aliphatic carbocycles. The molecule has 2 aliphatic heterocycles. The molecule has 0 fully saturated rings. The van der Waals surface area contributed by atoms with Crippen LogP contribution >= 0.6 is 0 Å². The molecular formula is C18H20N2O4. The molecule has 0 saturated carbocycles. The van der Waals surface area contributed by atoms with Crippen LogP contribution in [0.25, 0.3) is 0 Å². The van der Waals surface area contributed by atoms with Gasteiger partial charge in [0.25, 0.3) is 5.56 Å². The Hall–Kier alpha value is -2.50. The van der Waals surface area contributed by atoms with Crippen LogP contribution in [0.1, 0.15) is 34.2 Å². The first-order valence-electron chi connectivity index (χ1n) is 8.07. The fraction of sp³-hybridized carbons (Fsp3) is 0.444. The Morgan fingerprint density at radius 3 is 2.38 bits per heavy atom. The third-order valence-corrected chi connectivity index (χ3v) is 5.42. The Balaban J connectivity index is 1.93. The monoisotopic (exact) mass is 328 g/mol. The van der Waals surface area contributed by atoms with Crippen LogP contribution in [0.5, 0.6) is 11.5 Å². The van der Waals surface area contributed by atoms with E-state index in [2.05, 4.69) is 26.0 Å². The molecule has 24 heavy (non-hydrogen) atoms. The fourth-order valence-electron chi connectivity index (χ4n) is 3.83. The Labute approximate surface area is 139 Å². The van der Waals surface area contributed by atoms with Crippen LogP contribution in [0, 0.1) is 13.8 Å². The van der Waals surface area contributed by atoms with Gasteiger partial charge in [0.2, 0.25) is 5.75 Å². The van der Waals surface area contributed by atoms with Crippen LogP contribution in [-0.4, -0.2) is 22.3 Å². The number of fused-ring (bicyclic) bond motifs is 5. The highest BCUT2D eigenvalue weighted by Crippen LogP contribution is 2.47. The second-order valence-electron chi connectivity index (χ2n) is 6.68. The molecule has 6 heteroatoms. The summed E-state index contributed by atoms with van der Waals surface area (Å²) in [5.41, 5.74) is 3.34. The van der Waals surface area contributed by atoms with Crippen LogP contribution in [0.2, 0.25) is 0 Å². The van der Waals surface area contributed by atoms with Crippen molar-refractivity contribution in [2.24, 2.45) is 14.1 Å². The van der Waals surface area contributed by atoms with Crippen molar-refractivity contribution in [3.8, 4) is 11.5 Å². The molecule has 1 aromatic carbocycles. The molecule has 6 nitrogen and oxygen atoms in total. The number of benzene rings is 1. The lowest BCUT2D eigenvalue weighted by molar-refractivity contribution is 0.157. The van der Waals surface area contributed by atoms with Gasteiger partial charge in [-0.1, -0.05) is 12.1 Å². The zero-order valence-electron chi connectivity index (χ0n) is 14.3. The summed E-state index contributed by atoms with van der Waals surface area (Å²) in [6, 6.07) is 4.15. The molecule has 126 valence electrons. The lowest BCUT2D eigenvalue weighted by Crippen LogP contribution is -2.45. The van der Waals surface area contributed by atoms with Gasteiger partial charge >= 0.3 is 5.69 Å². The maximum atomic E-state index is 12.4.